The van der Waals surface area contributed by atoms with Crippen molar-refractivity contribution >= 4 is 11.9 Å². The van der Waals surface area contributed by atoms with E-state index in [0.717, 1.165) is 6.42 Å². The average Bonchev–Trinajstić information content (AvgIpc) is 2.26. The topological polar surface area (TPSA) is 69.6 Å². The van der Waals surface area contributed by atoms with Crippen LogP contribution in [0.3, 0.4) is 0 Å². The summed E-state index contributed by atoms with van der Waals surface area (Å²) < 4.78 is 0. The summed E-state index contributed by atoms with van der Waals surface area (Å²) in [5, 5.41) is 12.0. The Morgan fingerprint density at radius 3 is 2.75 bits per heavy atom. The van der Waals surface area contributed by atoms with Crippen molar-refractivity contribution in [2.24, 2.45) is 5.92 Å². The Hall–Kier alpha value is -1.10. The third kappa shape index (κ3) is 3.81. The van der Waals surface area contributed by atoms with E-state index in [1.165, 1.54) is 0 Å². The Labute approximate surface area is 95.8 Å². The second-order valence-corrected chi connectivity index (χ2v) is 4.55. The Morgan fingerprint density at radius 1 is 1.50 bits per heavy atom. The number of hydrogen-bond acceptors (Lipinski definition) is 3. The molecule has 1 fully saturated rings. The van der Waals surface area contributed by atoms with Gasteiger partial charge in [0.15, 0.2) is 0 Å². The molecule has 0 aliphatic carbocycles. The molecule has 0 aromatic carbocycles. The third-order valence-corrected chi connectivity index (χ3v) is 2.78. The van der Waals surface area contributed by atoms with Gasteiger partial charge in [-0.15, -0.1) is 0 Å². The molecule has 0 aromatic heterocycles. The number of rotatable bonds is 4. The molecule has 5 heteroatoms. The highest BCUT2D eigenvalue weighted by Crippen LogP contribution is 2.16. The van der Waals surface area contributed by atoms with Crippen LogP contribution in [0.5, 0.6) is 0 Å². The van der Waals surface area contributed by atoms with Gasteiger partial charge >= 0.3 is 5.97 Å². The maximum atomic E-state index is 11.7. The van der Waals surface area contributed by atoms with Gasteiger partial charge in [0.25, 0.3) is 0 Å². The number of amides is 1. The average molecular weight is 228 g/mol. The summed E-state index contributed by atoms with van der Waals surface area (Å²) in [6, 6.07) is 0.268. The van der Waals surface area contributed by atoms with Gasteiger partial charge < -0.3 is 15.3 Å². The van der Waals surface area contributed by atoms with Gasteiger partial charge in [0.2, 0.25) is 5.91 Å². The van der Waals surface area contributed by atoms with Gasteiger partial charge in [-0.2, -0.15) is 0 Å². The molecule has 0 saturated carbocycles. The molecular weight excluding hydrogens is 208 g/mol. The molecule has 0 bridgehead atoms. The van der Waals surface area contributed by atoms with Crippen LogP contribution in [0.25, 0.3) is 0 Å². The minimum Gasteiger partial charge on any atom is -0.481 e. The van der Waals surface area contributed by atoms with Crippen LogP contribution in [-0.2, 0) is 9.59 Å². The van der Waals surface area contributed by atoms with Crippen molar-refractivity contribution in [3.8, 4) is 0 Å². The smallest absolute Gasteiger partial charge is 0.308 e. The molecule has 1 heterocycles. The van der Waals surface area contributed by atoms with E-state index in [2.05, 4.69) is 5.32 Å². The second-order valence-electron chi connectivity index (χ2n) is 4.55. The quantitative estimate of drug-likeness (QED) is 0.726. The van der Waals surface area contributed by atoms with Crippen molar-refractivity contribution in [3.63, 3.8) is 0 Å². The van der Waals surface area contributed by atoms with Gasteiger partial charge in [0.1, 0.15) is 0 Å². The first-order chi connectivity index (χ1) is 7.50. The monoisotopic (exact) mass is 228 g/mol. The number of hydrogen-bond donors (Lipinski definition) is 2. The molecule has 1 aliphatic rings. The first kappa shape index (κ1) is 13.0. The summed E-state index contributed by atoms with van der Waals surface area (Å²) in [6.45, 7) is 5.29. The van der Waals surface area contributed by atoms with Crippen LogP contribution in [-0.4, -0.2) is 47.6 Å². The predicted molar refractivity (Wildman–Crippen MR) is 60.1 cm³/mol. The number of nitrogens with one attached hydrogen (secondary N) is 1. The molecule has 1 aliphatic heterocycles. The predicted octanol–water partition coefficient (Wildman–Crippen LogP) is 0.308. The van der Waals surface area contributed by atoms with Gasteiger partial charge in [-0.05, 0) is 12.8 Å². The van der Waals surface area contributed by atoms with Crippen LogP contribution in [0.2, 0.25) is 0 Å². The fourth-order valence-corrected chi connectivity index (χ4v) is 1.81. The lowest BCUT2D eigenvalue weighted by molar-refractivity contribution is -0.145. The van der Waals surface area contributed by atoms with E-state index in [1.54, 1.807) is 4.90 Å². The molecule has 1 atom stereocenters. The van der Waals surface area contributed by atoms with Crippen LogP contribution < -0.4 is 5.32 Å². The zero-order chi connectivity index (χ0) is 12.1. The molecule has 1 rings (SSSR count). The molecule has 1 amide bonds. The first-order valence-corrected chi connectivity index (χ1v) is 5.74. The van der Waals surface area contributed by atoms with Crippen molar-refractivity contribution in [1.29, 1.82) is 0 Å². The van der Waals surface area contributed by atoms with Gasteiger partial charge in [-0.25, -0.2) is 0 Å². The van der Waals surface area contributed by atoms with Gasteiger partial charge in [0.05, 0.1) is 12.5 Å². The molecule has 0 aromatic rings. The van der Waals surface area contributed by atoms with E-state index in [9.17, 15) is 9.59 Å². The number of piperidine rings is 1. The molecule has 16 heavy (non-hydrogen) atoms. The van der Waals surface area contributed by atoms with Crippen molar-refractivity contribution in [2.75, 3.05) is 19.6 Å². The number of aliphatic carboxylic acids is 1. The van der Waals surface area contributed by atoms with Crippen LogP contribution in [0.1, 0.15) is 26.7 Å². The number of likely N-dealkylation sites (tertiary alicyclic amines) is 1. The lowest BCUT2D eigenvalue weighted by Gasteiger charge is -2.31. The molecular formula is C11H20N2O3. The summed E-state index contributed by atoms with van der Waals surface area (Å²) in [7, 11) is 0. The number of carboxylic acids is 1. The Bertz CT molecular complexity index is 266. The van der Waals surface area contributed by atoms with Crippen molar-refractivity contribution in [1.82, 2.24) is 10.2 Å². The minimum absolute atomic E-state index is 0.000324. The van der Waals surface area contributed by atoms with Gasteiger partial charge in [-0.3, -0.25) is 9.59 Å². The Kier molecular flexibility index (Phi) is 4.73. The Balaban J connectivity index is 2.41. The Morgan fingerprint density at radius 2 is 2.19 bits per heavy atom. The molecule has 2 N–H and O–H groups in total. The summed E-state index contributed by atoms with van der Waals surface area (Å²) >= 11 is 0. The molecule has 5 nitrogen and oxygen atoms in total. The summed E-state index contributed by atoms with van der Waals surface area (Å²) in [6.07, 6.45) is 1.46. The summed E-state index contributed by atoms with van der Waals surface area (Å²) in [4.78, 5) is 24.2. The van der Waals surface area contributed by atoms with E-state index < -0.39 is 11.9 Å². The molecule has 1 saturated heterocycles. The van der Waals surface area contributed by atoms with Crippen LogP contribution in [0.15, 0.2) is 0 Å². The van der Waals surface area contributed by atoms with Crippen LogP contribution in [0.4, 0.5) is 0 Å². The molecule has 92 valence electrons. The highest BCUT2D eigenvalue weighted by Gasteiger charge is 2.27. The normalized spacial score (nSPS) is 21.2. The van der Waals surface area contributed by atoms with E-state index >= 15 is 0 Å². The highest BCUT2D eigenvalue weighted by molar-refractivity contribution is 5.79. The van der Waals surface area contributed by atoms with Gasteiger partial charge in [0, 0.05) is 19.1 Å². The number of carbonyl (C=O) groups excluding carboxylic acids is 1. The standard InChI is InChI=1S/C11H20N2O3/c1-8(2)12-6-10(14)13-5-3-4-9(7-13)11(15)16/h8-9,12H,3-7H2,1-2H3,(H,15,16). The lowest BCUT2D eigenvalue weighted by Crippen LogP contribution is -2.46. The number of nitrogens with zero attached hydrogens (tertiary/aromatic N) is 1. The van der Waals surface area contributed by atoms with Crippen LogP contribution in [0, 0.1) is 5.92 Å². The van der Waals surface area contributed by atoms with Crippen molar-refractivity contribution in [2.45, 2.75) is 32.7 Å². The highest BCUT2D eigenvalue weighted by atomic mass is 16.4. The second kappa shape index (κ2) is 5.84. The van der Waals surface area contributed by atoms with E-state index in [0.29, 0.717) is 26.1 Å². The first-order valence-electron chi connectivity index (χ1n) is 5.74. The fraction of sp³-hybridized carbons (Fsp3) is 0.818. The zero-order valence-corrected chi connectivity index (χ0v) is 9.90. The number of carboxylic acid groups (broad SMARTS) is 1. The molecule has 1 unspecified atom stereocenters. The third-order valence-electron chi connectivity index (χ3n) is 2.78. The van der Waals surface area contributed by atoms with Crippen molar-refractivity contribution < 1.29 is 14.7 Å². The molecule has 0 radical (unpaired) electrons. The summed E-state index contributed by atoms with van der Waals surface area (Å²) in [5.74, 6) is -1.19. The van der Waals surface area contributed by atoms with E-state index in [1.807, 2.05) is 13.8 Å². The SMILES string of the molecule is CC(C)NCC(=O)N1CCCC(C(=O)O)C1. The van der Waals surface area contributed by atoms with Crippen LogP contribution >= 0.6 is 0 Å². The maximum absolute atomic E-state index is 11.7. The van der Waals surface area contributed by atoms with Crippen molar-refractivity contribution in [3.05, 3.63) is 0 Å². The largest absolute Gasteiger partial charge is 0.481 e. The van der Waals surface area contributed by atoms with E-state index in [4.69, 9.17) is 5.11 Å². The number of carbonyl (C=O) groups is 2. The van der Waals surface area contributed by atoms with E-state index in [-0.39, 0.29) is 11.9 Å². The van der Waals surface area contributed by atoms with Gasteiger partial charge in [-0.1, -0.05) is 13.8 Å². The summed E-state index contributed by atoms with van der Waals surface area (Å²) in [5.41, 5.74) is 0. The zero-order valence-electron chi connectivity index (χ0n) is 9.90. The molecule has 0 spiro atoms. The maximum Gasteiger partial charge on any atom is 0.308 e. The lowest BCUT2D eigenvalue weighted by atomic mass is 9.98. The fourth-order valence-electron chi connectivity index (χ4n) is 1.81. The minimum atomic E-state index is -0.797.